The van der Waals surface area contributed by atoms with Crippen LogP contribution in [0.25, 0.3) is 32.9 Å². The quantitative estimate of drug-likeness (QED) is 0.246. The van der Waals surface area contributed by atoms with E-state index < -0.39 is 0 Å². The first-order valence-corrected chi connectivity index (χ1v) is 12.6. The lowest BCUT2D eigenvalue weighted by Crippen LogP contribution is -2.30. The van der Waals surface area contributed by atoms with Crippen molar-refractivity contribution in [2.45, 2.75) is 19.3 Å². The lowest BCUT2D eigenvalue weighted by molar-refractivity contribution is 0.476. The molecule has 6 aromatic rings. The molecule has 37 heavy (non-hydrogen) atoms. The Hall–Kier alpha value is -4.70. The van der Waals surface area contributed by atoms with Crippen LogP contribution < -0.4 is 10.7 Å². The molecule has 5 aromatic carbocycles. The predicted molar refractivity (Wildman–Crippen MR) is 154 cm³/mol. The zero-order chi connectivity index (χ0) is 25.3. The number of hydrogen-bond acceptors (Lipinski definition) is 3. The fourth-order valence-electron chi connectivity index (χ4n) is 5.97. The van der Waals surface area contributed by atoms with E-state index in [1.807, 2.05) is 6.07 Å². The first-order valence-electron chi connectivity index (χ1n) is 12.6. The second kappa shape index (κ2) is 7.65. The summed E-state index contributed by atoms with van der Waals surface area (Å²) < 4.78 is 1.68. The molecule has 2 heterocycles. The van der Waals surface area contributed by atoms with Crippen molar-refractivity contribution in [3.63, 3.8) is 0 Å². The minimum absolute atomic E-state index is 0.0738. The van der Waals surface area contributed by atoms with Crippen LogP contribution in [0.4, 0.5) is 17.1 Å². The van der Waals surface area contributed by atoms with Crippen molar-refractivity contribution in [2.75, 3.05) is 10.7 Å². The Bertz CT molecular complexity index is 1780. The Labute approximate surface area is 215 Å². The Morgan fingerprint density at radius 1 is 0.622 bits per heavy atom. The van der Waals surface area contributed by atoms with Gasteiger partial charge in [0.15, 0.2) is 0 Å². The first kappa shape index (κ1) is 21.6. The lowest BCUT2D eigenvalue weighted by Gasteiger charge is -2.42. The van der Waals surface area contributed by atoms with Crippen LogP contribution in [0.1, 0.15) is 25.0 Å². The summed E-state index contributed by atoms with van der Waals surface area (Å²) in [6.07, 6.45) is 0. The number of benzene rings is 5. The number of anilines is 3. The van der Waals surface area contributed by atoms with Gasteiger partial charge < -0.3 is 15.8 Å². The van der Waals surface area contributed by atoms with Crippen molar-refractivity contribution in [1.29, 1.82) is 0 Å². The summed E-state index contributed by atoms with van der Waals surface area (Å²) in [4.78, 5) is 2.37. The molecule has 3 N–H and O–H groups in total. The minimum Gasteiger partial charge on any atom is -0.508 e. The molecule has 0 saturated carbocycles. The molecule has 0 fully saturated rings. The van der Waals surface area contributed by atoms with Crippen LogP contribution in [0, 0.1) is 0 Å². The summed E-state index contributed by atoms with van der Waals surface area (Å²) in [5.74, 6) is 6.58. The number of hydrogen-bond donors (Lipinski definition) is 2. The number of fused-ring (bicyclic) bond motifs is 5. The second-order valence-corrected chi connectivity index (χ2v) is 10.3. The fourth-order valence-corrected chi connectivity index (χ4v) is 5.97. The van der Waals surface area contributed by atoms with Crippen molar-refractivity contribution in [1.82, 2.24) is 4.68 Å². The summed E-state index contributed by atoms with van der Waals surface area (Å²) in [6.45, 7) is 4.61. The summed E-state index contributed by atoms with van der Waals surface area (Å²) >= 11 is 0. The van der Waals surface area contributed by atoms with E-state index in [-0.39, 0.29) is 11.2 Å². The predicted octanol–water partition coefficient (Wildman–Crippen LogP) is 7.99. The zero-order valence-electron chi connectivity index (χ0n) is 20.8. The van der Waals surface area contributed by atoms with E-state index in [2.05, 4.69) is 110 Å². The normalized spacial score (nSPS) is 14.1. The van der Waals surface area contributed by atoms with Crippen LogP contribution in [-0.2, 0) is 5.41 Å². The van der Waals surface area contributed by atoms with Crippen molar-refractivity contribution >= 4 is 38.9 Å². The van der Waals surface area contributed by atoms with Crippen molar-refractivity contribution in [3.8, 4) is 16.9 Å². The SMILES string of the molecule is CC1(C)c2ccccc2N(c2ccc(-c3ccc4c(c3)c3cc(O)ccc3n4N)cc2)c2ccccc21. The van der Waals surface area contributed by atoms with Gasteiger partial charge >= 0.3 is 0 Å². The third-order valence-corrected chi connectivity index (χ3v) is 7.88. The summed E-state index contributed by atoms with van der Waals surface area (Å²) in [5.41, 5.74) is 10.2. The molecule has 0 radical (unpaired) electrons. The van der Waals surface area contributed by atoms with Gasteiger partial charge in [-0.15, -0.1) is 0 Å². The largest absolute Gasteiger partial charge is 0.508 e. The molecule has 180 valence electrons. The van der Waals surface area contributed by atoms with Gasteiger partial charge in [-0.2, -0.15) is 0 Å². The molecule has 0 spiro atoms. The average Bonchev–Trinajstić information content (AvgIpc) is 3.20. The summed E-state index contributed by atoms with van der Waals surface area (Å²) in [5, 5.41) is 12.0. The molecule has 1 aromatic heterocycles. The number of phenols is 1. The Kier molecular flexibility index (Phi) is 4.46. The van der Waals surface area contributed by atoms with Gasteiger partial charge in [-0.3, -0.25) is 4.68 Å². The Morgan fingerprint density at radius 3 is 1.81 bits per heavy atom. The Morgan fingerprint density at radius 2 is 1.16 bits per heavy atom. The van der Waals surface area contributed by atoms with Gasteiger partial charge in [-0.25, -0.2) is 0 Å². The minimum atomic E-state index is -0.0738. The molecular weight excluding hydrogens is 454 g/mol. The molecule has 7 rings (SSSR count). The van der Waals surface area contributed by atoms with E-state index >= 15 is 0 Å². The molecular formula is C33H27N3O. The number of phenolic OH excluding ortho intramolecular Hbond substituents is 1. The molecule has 0 atom stereocenters. The van der Waals surface area contributed by atoms with Gasteiger partial charge in [0.25, 0.3) is 0 Å². The number of nitrogens with two attached hydrogens (primary N) is 1. The van der Waals surface area contributed by atoms with Crippen LogP contribution in [-0.4, -0.2) is 9.78 Å². The van der Waals surface area contributed by atoms with Crippen LogP contribution in [0.5, 0.6) is 5.75 Å². The molecule has 0 aliphatic carbocycles. The number of aromatic nitrogens is 1. The van der Waals surface area contributed by atoms with Gasteiger partial charge in [-0.1, -0.05) is 68.4 Å². The number of nitrogens with zero attached hydrogens (tertiary/aromatic N) is 2. The third-order valence-electron chi connectivity index (χ3n) is 7.88. The molecule has 1 aliphatic heterocycles. The smallest absolute Gasteiger partial charge is 0.116 e. The van der Waals surface area contributed by atoms with E-state index in [1.54, 1.807) is 16.8 Å². The monoisotopic (exact) mass is 481 g/mol. The van der Waals surface area contributed by atoms with Crippen molar-refractivity contribution < 1.29 is 5.11 Å². The highest BCUT2D eigenvalue weighted by molar-refractivity contribution is 6.09. The van der Waals surface area contributed by atoms with Gasteiger partial charge in [0.2, 0.25) is 0 Å². The Balaban J connectivity index is 1.34. The average molecular weight is 482 g/mol. The highest BCUT2D eigenvalue weighted by Crippen LogP contribution is 2.51. The van der Waals surface area contributed by atoms with Crippen molar-refractivity contribution in [2.24, 2.45) is 0 Å². The maximum absolute atomic E-state index is 10.1. The van der Waals surface area contributed by atoms with Crippen LogP contribution in [0.3, 0.4) is 0 Å². The first-order chi connectivity index (χ1) is 17.9. The molecule has 4 nitrogen and oxygen atoms in total. The maximum Gasteiger partial charge on any atom is 0.116 e. The molecule has 0 unspecified atom stereocenters. The van der Waals surface area contributed by atoms with E-state index in [0.29, 0.717) is 0 Å². The van der Waals surface area contributed by atoms with Crippen LogP contribution in [0.15, 0.2) is 109 Å². The van der Waals surface area contributed by atoms with E-state index in [9.17, 15) is 5.11 Å². The molecule has 4 heteroatoms. The molecule has 0 amide bonds. The van der Waals surface area contributed by atoms with Gasteiger partial charge in [0.05, 0.1) is 22.4 Å². The standard InChI is InChI=1S/C33H27N3O/c1-33(2)27-7-3-5-9-31(27)35(32-10-6-4-8-28(32)33)23-14-11-21(12-15-23)22-13-17-29-25(19-22)26-20-24(37)16-18-30(26)36(29)34/h3-20,37H,34H2,1-2H3. The summed E-state index contributed by atoms with van der Waals surface area (Å²) in [6, 6.07) is 37.8. The third kappa shape index (κ3) is 3.09. The highest BCUT2D eigenvalue weighted by Gasteiger charge is 2.36. The number of rotatable bonds is 2. The second-order valence-electron chi connectivity index (χ2n) is 10.3. The molecule has 1 aliphatic rings. The molecule has 0 bridgehead atoms. The lowest BCUT2D eigenvalue weighted by atomic mass is 9.73. The van der Waals surface area contributed by atoms with Crippen LogP contribution >= 0.6 is 0 Å². The topological polar surface area (TPSA) is 54.4 Å². The van der Waals surface area contributed by atoms with E-state index in [0.717, 1.165) is 38.6 Å². The number of para-hydroxylation sites is 2. The molecule has 0 saturated heterocycles. The number of aromatic hydroxyl groups is 1. The van der Waals surface area contributed by atoms with Gasteiger partial charge in [-0.05, 0) is 76.9 Å². The number of nitrogen functional groups attached to an aromatic ring is 1. The highest BCUT2D eigenvalue weighted by atomic mass is 16.3. The summed E-state index contributed by atoms with van der Waals surface area (Å²) in [7, 11) is 0. The zero-order valence-corrected chi connectivity index (χ0v) is 20.8. The van der Waals surface area contributed by atoms with Gasteiger partial charge in [0, 0.05) is 21.9 Å². The maximum atomic E-state index is 10.1. The van der Waals surface area contributed by atoms with Crippen molar-refractivity contribution in [3.05, 3.63) is 120 Å². The van der Waals surface area contributed by atoms with Crippen LogP contribution in [0.2, 0.25) is 0 Å². The van der Waals surface area contributed by atoms with E-state index in [1.165, 1.54) is 22.5 Å². The van der Waals surface area contributed by atoms with Gasteiger partial charge in [0.1, 0.15) is 5.75 Å². The van der Waals surface area contributed by atoms with E-state index in [4.69, 9.17) is 5.84 Å². The fraction of sp³-hybridized carbons (Fsp3) is 0.0909.